The van der Waals surface area contributed by atoms with Gasteiger partial charge in [0, 0.05) is 30.6 Å². The molecule has 25 heavy (non-hydrogen) atoms. The number of anilines is 1. The van der Waals surface area contributed by atoms with Crippen LogP contribution in [-0.2, 0) is 4.79 Å². The van der Waals surface area contributed by atoms with Crippen LogP contribution in [0.4, 0.5) is 5.82 Å². The maximum Gasteiger partial charge on any atom is 0.220 e. The number of amides is 1. The van der Waals surface area contributed by atoms with E-state index in [0.29, 0.717) is 23.4 Å². The number of piperidine rings is 1. The van der Waals surface area contributed by atoms with Crippen LogP contribution in [0.1, 0.15) is 38.5 Å². The molecule has 132 valence electrons. The number of rotatable bonds is 4. The standard InChI is InChI=1S/C19H23ClN4O/c20-14-4-5-16-17(11-14)21-12-18(23-16)24-8-6-13(7-9-24)10-19(25)22-15-2-1-3-15/h4-5,11-13,15H,1-3,6-10H2,(H,22,25). The Labute approximate surface area is 152 Å². The second kappa shape index (κ2) is 7.16. The number of hydrogen-bond acceptors (Lipinski definition) is 4. The van der Waals surface area contributed by atoms with E-state index < -0.39 is 0 Å². The van der Waals surface area contributed by atoms with Crippen LogP contribution in [0.15, 0.2) is 24.4 Å². The summed E-state index contributed by atoms with van der Waals surface area (Å²) in [5.41, 5.74) is 1.68. The van der Waals surface area contributed by atoms with Crippen LogP contribution in [0.2, 0.25) is 5.02 Å². The molecule has 0 spiro atoms. The van der Waals surface area contributed by atoms with Crippen LogP contribution in [0.3, 0.4) is 0 Å². The molecular formula is C19H23ClN4O. The normalized spacial score (nSPS) is 19.0. The first-order valence-corrected chi connectivity index (χ1v) is 9.52. The molecular weight excluding hydrogens is 336 g/mol. The number of benzene rings is 1. The summed E-state index contributed by atoms with van der Waals surface area (Å²) in [6, 6.07) is 6.02. The molecule has 2 aromatic rings. The lowest BCUT2D eigenvalue weighted by Gasteiger charge is -2.33. The zero-order valence-electron chi connectivity index (χ0n) is 14.2. The Morgan fingerprint density at radius 2 is 2.00 bits per heavy atom. The maximum atomic E-state index is 12.1. The lowest BCUT2D eigenvalue weighted by atomic mass is 9.90. The summed E-state index contributed by atoms with van der Waals surface area (Å²) in [5, 5.41) is 3.82. The van der Waals surface area contributed by atoms with Gasteiger partial charge in [0.2, 0.25) is 5.91 Å². The zero-order valence-corrected chi connectivity index (χ0v) is 15.0. The molecule has 1 aromatic heterocycles. The second-order valence-corrected chi connectivity index (χ2v) is 7.63. The van der Waals surface area contributed by atoms with Crippen LogP contribution in [0, 0.1) is 5.92 Å². The van der Waals surface area contributed by atoms with E-state index in [-0.39, 0.29) is 5.91 Å². The number of aromatic nitrogens is 2. The highest BCUT2D eigenvalue weighted by Crippen LogP contribution is 2.26. The van der Waals surface area contributed by atoms with Crippen LogP contribution < -0.4 is 10.2 Å². The van der Waals surface area contributed by atoms with Crippen LogP contribution in [-0.4, -0.2) is 35.0 Å². The van der Waals surface area contributed by atoms with Gasteiger partial charge < -0.3 is 10.2 Å². The molecule has 1 aliphatic heterocycles. The number of nitrogens with one attached hydrogen (secondary N) is 1. The number of fused-ring (bicyclic) bond motifs is 1. The van der Waals surface area contributed by atoms with Crippen molar-refractivity contribution in [1.29, 1.82) is 0 Å². The van der Waals surface area contributed by atoms with Gasteiger partial charge in [-0.3, -0.25) is 9.78 Å². The van der Waals surface area contributed by atoms with Crippen molar-refractivity contribution in [2.24, 2.45) is 5.92 Å². The van der Waals surface area contributed by atoms with E-state index in [9.17, 15) is 4.79 Å². The molecule has 0 unspecified atom stereocenters. The van der Waals surface area contributed by atoms with Crippen molar-refractivity contribution in [1.82, 2.24) is 15.3 Å². The maximum absolute atomic E-state index is 12.1. The molecule has 1 saturated carbocycles. The molecule has 2 aliphatic rings. The fourth-order valence-electron chi connectivity index (χ4n) is 3.59. The molecule has 4 rings (SSSR count). The Bertz CT molecular complexity index is 769. The smallest absolute Gasteiger partial charge is 0.220 e. The van der Waals surface area contributed by atoms with E-state index in [4.69, 9.17) is 16.6 Å². The first-order valence-electron chi connectivity index (χ1n) is 9.14. The van der Waals surface area contributed by atoms with E-state index in [1.54, 1.807) is 0 Å². The minimum atomic E-state index is 0.227. The van der Waals surface area contributed by atoms with Crippen LogP contribution in [0.5, 0.6) is 0 Å². The summed E-state index contributed by atoms with van der Waals surface area (Å²) in [5.74, 6) is 1.61. The van der Waals surface area contributed by atoms with Gasteiger partial charge in [0.1, 0.15) is 5.82 Å². The Kier molecular flexibility index (Phi) is 4.75. The quantitative estimate of drug-likeness (QED) is 0.907. The number of halogens is 1. The molecule has 1 N–H and O–H groups in total. The van der Waals surface area contributed by atoms with E-state index in [1.165, 1.54) is 6.42 Å². The Morgan fingerprint density at radius 3 is 2.72 bits per heavy atom. The van der Waals surface area contributed by atoms with Gasteiger partial charge in [-0.25, -0.2) is 4.98 Å². The van der Waals surface area contributed by atoms with Gasteiger partial charge in [0.25, 0.3) is 0 Å². The molecule has 0 atom stereocenters. The molecule has 6 heteroatoms. The van der Waals surface area contributed by atoms with Crippen molar-refractivity contribution in [3.05, 3.63) is 29.4 Å². The van der Waals surface area contributed by atoms with E-state index in [2.05, 4.69) is 15.2 Å². The molecule has 5 nitrogen and oxygen atoms in total. The summed E-state index contributed by atoms with van der Waals surface area (Å²) in [4.78, 5) is 23.5. The fraction of sp³-hybridized carbons (Fsp3) is 0.526. The van der Waals surface area contributed by atoms with Crippen molar-refractivity contribution in [2.45, 2.75) is 44.6 Å². The zero-order chi connectivity index (χ0) is 17.2. The number of carbonyl (C=O) groups is 1. The average molecular weight is 359 g/mol. The van der Waals surface area contributed by atoms with Gasteiger partial charge in [-0.15, -0.1) is 0 Å². The monoisotopic (exact) mass is 358 g/mol. The Balaban J connectivity index is 1.33. The minimum Gasteiger partial charge on any atom is -0.355 e. The predicted octanol–water partition coefficient (Wildman–Crippen LogP) is 3.56. The first-order chi connectivity index (χ1) is 12.2. The Hall–Kier alpha value is -1.88. The van der Waals surface area contributed by atoms with Crippen molar-refractivity contribution < 1.29 is 4.79 Å². The summed E-state index contributed by atoms with van der Waals surface area (Å²) >= 11 is 6.00. The van der Waals surface area contributed by atoms with Crippen molar-refractivity contribution in [2.75, 3.05) is 18.0 Å². The molecule has 0 radical (unpaired) electrons. The van der Waals surface area contributed by atoms with Gasteiger partial charge in [0.05, 0.1) is 17.2 Å². The molecule has 0 bridgehead atoms. The van der Waals surface area contributed by atoms with Gasteiger partial charge >= 0.3 is 0 Å². The molecule has 1 aromatic carbocycles. The lowest BCUT2D eigenvalue weighted by molar-refractivity contribution is -0.123. The van der Waals surface area contributed by atoms with E-state index >= 15 is 0 Å². The highest BCUT2D eigenvalue weighted by molar-refractivity contribution is 6.31. The highest BCUT2D eigenvalue weighted by Gasteiger charge is 2.25. The molecule has 2 heterocycles. The van der Waals surface area contributed by atoms with Gasteiger partial charge in [-0.2, -0.15) is 0 Å². The predicted molar refractivity (Wildman–Crippen MR) is 99.9 cm³/mol. The number of carbonyl (C=O) groups excluding carboxylic acids is 1. The van der Waals surface area contributed by atoms with E-state index in [1.807, 2.05) is 24.4 Å². The molecule has 1 saturated heterocycles. The fourth-order valence-corrected chi connectivity index (χ4v) is 3.76. The second-order valence-electron chi connectivity index (χ2n) is 7.19. The summed E-state index contributed by atoms with van der Waals surface area (Å²) in [6.07, 6.45) is 8.08. The average Bonchev–Trinajstić information content (AvgIpc) is 2.58. The highest BCUT2D eigenvalue weighted by atomic mass is 35.5. The minimum absolute atomic E-state index is 0.227. The largest absolute Gasteiger partial charge is 0.355 e. The van der Waals surface area contributed by atoms with Crippen molar-refractivity contribution >= 4 is 34.4 Å². The summed E-state index contributed by atoms with van der Waals surface area (Å²) in [7, 11) is 0. The third kappa shape index (κ3) is 3.87. The van der Waals surface area contributed by atoms with Gasteiger partial charge in [0.15, 0.2) is 0 Å². The van der Waals surface area contributed by atoms with Gasteiger partial charge in [-0.1, -0.05) is 11.6 Å². The summed E-state index contributed by atoms with van der Waals surface area (Å²) in [6.45, 7) is 1.85. The first kappa shape index (κ1) is 16.6. The van der Waals surface area contributed by atoms with Crippen LogP contribution in [0.25, 0.3) is 11.0 Å². The topological polar surface area (TPSA) is 58.1 Å². The van der Waals surface area contributed by atoms with E-state index in [0.717, 1.165) is 55.6 Å². The molecule has 2 fully saturated rings. The number of hydrogen-bond donors (Lipinski definition) is 1. The third-order valence-corrected chi connectivity index (χ3v) is 5.61. The van der Waals surface area contributed by atoms with Crippen molar-refractivity contribution in [3.8, 4) is 0 Å². The van der Waals surface area contributed by atoms with Crippen LogP contribution >= 0.6 is 11.6 Å². The molecule has 1 aliphatic carbocycles. The molecule has 1 amide bonds. The Morgan fingerprint density at radius 1 is 1.20 bits per heavy atom. The third-order valence-electron chi connectivity index (χ3n) is 5.37. The lowest BCUT2D eigenvalue weighted by Crippen LogP contribution is -2.41. The van der Waals surface area contributed by atoms with Crippen molar-refractivity contribution in [3.63, 3.8) is 0 Å². The van der Waals surface area contributed by atoms with Gasteiger partial charge in [-0.05, 0) is 56.2 Å². The summed E-state index contributed by atoms with van der Waals surface area (Å²) < 4.78 is 0. The SMILES string of the molecule is O=C(CC1CCN(c2cnc3cc(Cl)ccc3n2)CC1)NC1CCC1. The number of nitrogens with zero attached hydrogens (tertiary/aromatic N) is 3.